The Morgan fingerprint density at radius 3 is 2.49 bits per heavy atom. The minimum Gasteiger partial charge on any atom is -1.00 e. The average Bonchev–Trinajstić information content (AvgIpc) is 3.17. The predicted octanol–water partition coefficient (Wildman–Crippen LogP) is -4.98. The van der Waals surface area contributed by atoms with Crippen LogP contribution in [0.4, 0.5) is 9.93 Å². The fourth-order valence-corrected chi connectivity index (χ4v) is 4.34. The number of rotatable bonds is 11. The van der Waals surface area contributed by atoms with Gasteiger partial charge in [-0.15, -0.1) is 11.3 Å². The molecular formula is C16H24N7NaO9S2. The first-order valence-electron chi connectivity index (χ1n) is 9.63. The van der Waals surface area contributed by atoms with E-state index in [1.54, 1.807) is 13.8 Å². The molecule has 2 atom stereocenters. The van der Waals surface area contributed by atoms with Gasteiger partial charge in [0, 0.05) is 18.5 Å². The number of primary amides is 1. The number of nitrogens with zero attached hydrogens (tertiary/aromatic N) is 4. The van der Waals surface area contributed by atoms with Gasteiger partial charge < -0.3 is 32.7 Å². The van der Waals surface area contributed by atoms with E-state index in [0.29, 0.717) is 13.1 Å². The second kappa shape index (κ2) is 13.0. The SMILES string of the molecule is CCN(CC)C(=O)CO/N=C(\C(=O)N[C@@H]1C(=O)N(S(=O)(=O)O)[C@@H]1COC(N)=O)c1csc(N)n1.[H-].[Na+]. The summed E-state index contributed by atoms with van der Waals surface area (Å²) in [6.07, 6.45) is -1.27. The topological polar surface area (TPSA) is 237 Å². The molecule has 0 spiro atoms. The maximum atomic E-state index is 12.9. The second-order valence-electron chi connectivity index (χ2n) is 6.61. The number of anilines is 1. The Kier molecular flexibility index (Phi) is 11.3. The van der Waals surface area contributed by atoms with Crippen LogP contribution < -0.4 is 46.3 Å². The summed E-state index contributed by atoms with van der Waals surface area (Å²) >= 11 is 0.973. The second-order valence-corrected chi connectivity index (χ2v) is 8.79. The molecular weight excluding hydrogens is 521 g/mol. The molecule has 1 aromatic rings. The molecule has 2 rings (SSSR count). The van der Waals surface area contributed by atoms with E-state index < -0.39 is 65.1 Å². The number of oxime groups is 1. The number of hydrogen-bond acceptors (Lipinski definition) is 12. The largest absolute Gasteiger partial charge is 1.00 e. The third-order valence-electron chi connectivity index (χ3n) is 4.54. The van der Waals surface area contributed by atoms with Crippen molar-refractivity contribution in [3.8, 4) is 0 Å². The Balaban J connectivity index is 0.00000612. The van der Waals surface area contributed by atoms with Gasteiger partial charge in [0.05, 0.1) is 0 Å². The van der Waals surface area contributed by atoms with E-state index in [2.05, 4.69) is 20.2 Å². The Labute approximate surface area is 227 Å². The van der Waals surface area contributed by atoms with Crippen LogP contribution in [0.25, 0.3) is 0 Å². The average molecular weight is 546 g/mol. The molecule has 1 fully saturated rings. The maximum absolute atomic E-state index is 12.9. The maximum Gasteiger partial charge on any atom is 1.00 e. The number of carbonyl (C=O) groups is 4. The van der Waals surface area contributed by atoms with Crippen molar-refractivity contribution >= 4 is 56.3 Å². The van der Waals surface area contributed by atoms with E-state index in [-0.39, 0.29) is 46.1 Å². The Hall–Kier alpha value is -2.51. The number of amides is 4. The molecule has 0 aliphatic carbocycles. The zero-order valence-corrected chi connectivity index (χ0v) is 22.7. The van der Waals surface area contributed by atoms with Gasteiger partial charge in [0.1, 0.15) is 24.4 Å². The monoisotopic (exact) mass is 545 g/mol. The molecule has 190 valence electrons. The van der Waals surface area contributed by atoms with Gasteiger partial charge in [0.25, 0.3) is 17.7 Å². The number of carbonyl (C=O) groups excluding carboxylic acids is 4. The van der Waals surface area contributed by atoms with E-state index in [1.165, 1.54) is 10.3 Å². The van der Waals surface area contributed by atoms with Gasteiger partial charge in [-0.1, -0.05) is 5.16 Å². The van der Waals surface area contributed by atoms with Crippen LogP contribution in [0.2, 0.25) is 0 Å². The Morgan fingerprint density at radius 2 is 2.00 bits per heavy atom. The molecule has 1 aromatic heterocycles. The summed E-state index contributed by atoms with van der Waals surface area (Å²) in [4.78, 5) is 58.5. The van der Waals surface area contributed by atoms with Crippen LogP contribution in [0.5, 0.6) is 0 Å². The molecule has 6 N–H and O–H groups in total. The number of nitrogens with two attached hydrogens (primary N) is 2. The summed E-state index contributed by atoms with van der Waals surface area (Å²) in [6.45, 7) is 3.17. The van der Waals surface area contributed by atoms with Crippen LogP contribution in [-0.4, -0.2) is 95.1 Å². The third-order valence-corrected chi connectivity index (χ3v) is 6.16. The summed E-state index contributed by atoms with van der Waals surface area (Å²) in [5, 5.41) is 7.31. The number of thiazole rings is 1. The fourth-order valence-electron chi connectivity index (χ4n) is 2.92. The van der Waals surface area contributed by atoms with Crippen molar-refractivity contribution < 1.29 is 72.7 Å². The number of hydrogen-bond donors (Lipinski definition) is 4. The van der Waals surface area contributed by atoms with Crippen molar-refractivity contribution in [2.75, 3.05) is 32.0 Å². The summed E-state index contributed by atoms with van der Waals surface area (Å²) in [5.41, 5.74) is 9.93. The normalized spacial score (nSPS) is 17.6. The molecule has 1 aliphatic heterocycles. The standard InChI is InChI=1S/C16H23N7O9S2.Na.H/c1-3-22(4-2)10(24)6-32-21-11(8-7-33-15(17)19-8)13(25)20-12-9(5-31-16(18)27)23(14(12)26)34(28,29)30;;/h7,9,12H,3-6H2,1-2H3,(H2,17,19)(H2,18,27)(H,20,25)(H,28,29,30);;/q;+1;-1/b21-11-;;/t9-,12+;;/m1../s1. The summed E-state index contributed by atoms with van der Waals surface area (Å²) in [7, 11) is -5.01. The van der Waals surface area contributed by atoms with Crippen LogP contribution in [0.15, 0.2) is 10.5 Å². The fraction of sp³-hybridized carbons (Fsp3) is 0.500. The van der Waals surface area contributed by atoms with Crippen molar-refractivity contribution in [3.05, 3.63) is 11.1 Å². The quantitative estimate of drug-likeness (QED) is 0.0675. The minimum atomic E-state index is -5.01. The van der Waals surface area contributed by atoms with Crippen LogP contribution in [-0.2, 0) is 34.3 Å². The van der Waals surface area contributed by atoms with Crippen LogP contribution >= 0.6 is 11.3 Å². The molecule has 1 saturated heterocycles. The zero-order valence-electron chi connectivity index (χ0n) is 20.0. The summed E-state index contributed by atoms with van der Waals surface area (Å²) in [6, 6.07) is -3.02. The number of nitrogen functional groups attached to an aromatic ring is 1. The third kappa shape index (κ3) is 7.74. The molecule has 0 unspecified atom stereocenters. The first kappa shape index (κ1) is 30.5. The van der Waals surface area contributed by atoms with Crippen LogP contribution in [0, 0.1) is 0 Å². The van der Waals surface area contributed by atoms with Gasteiger partial charge >= 0.3 is 46.0 Å². The zero-order chi connectivity index (χ0) is 25.6. The molecule has 1 aliphatic rings. The number of β-lactam (4-membered cyclic amide) rings is 1. The smallest absolute Gasteiger partial charge is 1.00 e. The first-order valence-corrected chi connectivity index (χ1v) is 11.9. The van der Waals surface area contributed by atoms with Gasteiger partial charge in [0.15, 0.2) is 17.5 Å². The van der Waals surface area contributed by atoms with Gasteiger partial charge in [-0.3, -0.25) is 18.9 Å². The number of likely N-dealkylation sites (N-methyl/N-ethyl adjacent to an activating group) is 1. The number of ether oxygens (including phenoxy) is 1. The van der Waals surface area contributed by atoms with Gasteiger partial charge in [-0.05, 0) is 13.8 Å². The van der Waals surface area contributed by atoms with Crippen molar-refractivity contribution in [1.29, 1.82) is 0 Å². The van der Waals surface area contributed by atoms with Gasteiger partial charge in [0.2, 0.25) is 0 Å². The van der Waals surface area contributed by atoms with Crippen LogP contribution in [0.3, 0.4) is 0 Å². The van der Waals surface area contributed by atoms with Gasteiger partial charge in [-0.25, -0.2) is 14.1 Å². The van der Waals surface area contributed by atoms with E-state index in [4.69, 9.17) is 16.3 Å². The van der Waals surface area contributed by atoms with E-state index in [9.17, 15) is 32.1 Å². The summed E-state index contributed by atoms with van der Waals surface area (Å²) in [5.74, 6) is -2.64. The summed E-state index contributed by atoms with van der Waals surface area (Å²) < 4.78 is 36.7. The predicted molar refractivity (Wildman–Crippen MR) is 118 cm³/mol. The molecule has 35 heavy (non-hydrogen) atoms. The molecule has 0 radical (unpaired) electrons. The van der Waals surface area contributed by atoms with Crippen molar-refractivity contribution in [3.63, 3.8) is 0 Å². The molecule has 0 aromatic carbocycles. The van der Waals surface area contributed by atoms with Crippen molar-refractivity contribution in [2.24, 2.45) is 10.9 Å². The van der Waals surface area contributed by atoms with E-state index in [1.807, 2.05) is 0 Å². The molecule has 4 amide bonds. The Bertz CT molecular complexity index is 1100. The van der Waals surface area contributed by atoms with Crippen molar-refractivity contribution in [2.45, 2.75) is 25.9 Å². The number of aromatic nitrogens is 1. The molecule has 19 heteroatoms. The van der Waals surface area contributed by atoms with Crippen LogP contribution in [0.1, 0.15) is 21.0 Å². The molecule has 0 saturated carbocycles. The molecule has 0 bridgehead atoms. The van der Waals surface area contributed by atoms with Gasteiger partial charge in [-0.2, -0.15) is 8.42 Å². The molecule has 2 heterocycles. The Morgan fingerprint density at radius 1 is 1.37 bits per heavy atom. The van der Waals surface area contributed by atoms with E-state index in [0.717, 1.165) is 11.3 Å². The van der Waals surface area contributed by atoms with E-state index >= 15 is 0 Å². The minimum absolute atomic E-state index is 0. The molecule has 16 nitrogen and oxygen atoms in total. The number of nitrogens with one attached hydrogen (secondary N) is 1. The van der Waals surface area contributed by atoms with Crippen molar-refractivity contribution in [1.82, 2.24) is 19.5 Å². The first-order chi connectivity index (χ1) is 15.9.